The molecule has 0 amide bonds. The minimum absolute atomic E-state index is 0.00143. The summed E-state index contributed by atoms with van der Waals surface area (Å²) in [6.45, 7) is 8.27. The topological polar surface area (TPSA) is 77.7 Å². The highest BCUT2D eigenvalue weighted by atomic mass is 15.2. The Bertz CT molecular complexity index is 1110. The number of nitriles is 1. The van der Waals surface area contributed by atoms with Crippen molar-refractivity contribution in [2.75, 3.05) is 25.5 Å². The molecule has 1 N–H and O–H groups in total. The lowest BCUT2D eigenvalue weighted by Crippen LogP contribution is -2.29. The van der Waals surface area contributed by atoms with Crippen molar-refractivity contribution < 1.29 is 0 Å². The number of rotatable bonds is 4. The summed E-state index contributed by atoms with van der Waals surface area (Å²) in [7, 11) is 2.18. The van der Waals surface area contributed by atoms with Gasteiger partial charge in [0.2, 0.25) is 0 Å². The average Bonchev–Trinajstić information content (AvgIpc) is 2.76. The van der Waals surface area contributed by atoms with Crippen molar-refractivity contribution in [2.45, 2.75) is 45.6 Å². The van der Waals surface area contributed by atoms with Crippen molar-refractivity contribution >= 4 is 16.6 Å². The summed E-state index contributed by atoms with van der Waals surface area (Å²) < 4.78 is 0. The number of fused-ring (bicyclic) bond motifs is 1. The number of aromatic nitrogens is 3. The van der Waals surface area contributed by atoms with Crippen molar-refractivity contribution in [3.05, 3.63) is 58.5 Å². The normalized spacial score (nSPS) is 16.4. The summed E-state index contributed by atoms with van der Waals surface area (Å²) in [5.41, 5.74) is 4.82. The Kier molecular flexibility index (Phi) is 5.65. The van der Waals surface area contributed by atoms with Gasteiger partial charge in [0.15, 0.2) is 5.82 Å². The van der Waals surface area contributed by atoms with Gasteiger partial charge >= 0.3 is 0 Å². The van der Waals surface area contributed by atoms with Crippen LogP contribution in [-0.2, 0) is 0 Å². The Morgan fingerprint density at radius 3 is 2.67 bits per heavy atom. The van der Waals surface area contributed by atoms with Crippen LogP contribution in [0.4, 0.5) is 5.82 Å². The number of pyridine rings is 1. The second kappa shape index (κ2) is 8.37. The van der Waals surface area contributed by atoms with Crippen molar-refractivity contribution in [3.63, 3.8) is 0 Å². The number of likely N-dealkylation sites (tertiary alicyclic amines) is 1. The molecular formula is C24H28N6. The van der Waals surface area contributed by atoms with E-state index >= 15 is 0 Å². The number of nitrogens with one attached hydrogen (secondary N) is 1. The van der Waals surface area contributed by atoms with Crippen LogP contribution in [0.25, 0.3) is 10.8 Å². The number of nitrogens with zero attached hydrogens (tertiary/aromatic N) is 5. The molecule has 4 rings (SSSR count). The van der Waals surface area contributed by atoms with Gasteiger partial charge in [0.1, 0.15) is 0 Å². The molecule has 1 saturated heterocycles. The molecule has 1 aliphatic rings. The zero-order chi connectivity index (χ0) is 21.3. The van der Waals surface area contributed by atoms with E-state index in [4.69, 9.17) is 4.98 Å². The van der Waals surface area contributed by atoms with E-state index in [2.05, 4.69) is 52.6 Å². The Balaban J connectivity index is 1.69. The molecule has 30 heavy (non-hydrogen) atoms. The molecule has 0 saturated carbocycles. The molecule has 154 valence electrons. The van der Waals surface area contributed by atoms with E-state index in [-0.39, 0.29) is 6.04 Å². The summed E-state index contributed by atoms with van der Waals surface area (Å²) in [5, 5.41) is 23.8. The number of piperidine rings is 1. The molecule has 0 spiro atoms. The highest BCUT2D eigenvalue weighted by molar-refractivity contribution is 5.92. The SMILES string of the molecule is Cc1c(C#N)cccc1[C@@H](C)Nc1nnc(C)c2cnc(C3CCN(C)CC3)cc12. The molecule has 2 aromatic heterocycles. The average molecular weight is 401 g/mol. The van der Waals surface area contributed by atoms with Gasteiger partial charge in [-0.15, -0.1) is 5.10 Å². The maximum Gasteiger partial charge on any atom is 0.157 e. The second-order valence-corrected chi connectivity index (χ2v) is 8.36. The van der Waals surface area contributed by atoms with E-state index < -0.39 is 0 Å². The fraction of sp³-hybridized carbons (Fsp3) is 0.417. The number of aryl methyl sites for hydroxylation is 1. The first kappa shape index (κ1) is 20.2. The fourth-order valence-electron chi connectivity index (χ4n) is 4.35. The zero-order valence-corrected chi connectivity index (χ0v) is 18.1. The van der Waals surface area contributed by atoms with E-state index in [1.54, 1.807) is 0 Å². The molecule has 1 atom stereocenters. The Morgan fingerprint density at radius 2 is 1.93 bits per heavy atom. The minimum atomic E-state index is -0.00143. The molecule has 1 aromatic carbocycles. The van der Waals surface area contributed by atoms with E-state index in [0.717, 1.165) is 65.0 Å². The molecule has 1 fully saturated rings. The highest BCUT2D eigenvalue weighted by Gasteiger charge is 2.21. The van der Waals surface area contributed by atoms with Gasteiger partial charge in [-0.05, 0) is 77.0 Å². The van der Waals surface area contributed by atoms with Gasteiger partial charge in [-0.1, -0.05) is 12.1 Å². The first-order chi connectivity index (χ1) is 14.5. The lowest BCUT2D eigenvalue weighted by molar-refractivity contribution is 0.253. The maximum atomic E-state index is 9.35. The van der Waals surface area contributed by atoms with Gasteiger partial charge in [0, 0.05) is 28.6 Å². The number of hydrogen-bond acceptors (Lipinski definition) is 6. The number of anilines is 1. The van der Waals surface area contributed by atoms with E-state index in [9.17, 15) is 5.26 Å². The maximum absolute atomic E-state index is 9.35. The minimum Gasteiger partial charge on any atom is -0.362 e. The molecule has 0 unspecified atom stereocenters. The van der Waals surface area contributed by atoms with Gasteiger partial charge in [0.25, 0.3) is 0 Å². The van der Waals surface area contributed by atoms with Crippen LogP contribution >= 0.6 is 0 Å². The predicted octanol–water partition coefficient (Wildman–Crippen LogP) is 4.50. The van der Waals surface area contributed by atoms with Crippen LogP contribution in [0.15, 0.2) is 30.5 Å². The standard InChI is InChI=1S/C24H28N6/c1-15-19(13-25)6-5-7-20(15)16(2)27-24-21-12-23(18-8-10-30(4)11-9-18)26-14-22(21)17(3)28-29-24/h5-7,12,14,16,18H,8-11H2,1-4H3,(H,27,29)/t16-/m1/s1. The summed E-state index contributed by atoms with van der Waals surface area (Å²) in [6.07, 6.45) is 4.21. The number of benzene rings is 1. The smallest absolute Gasteiger partial charge is 0.157 e. The Hall–Kier alpha value is -3.04. The Morgan fingerprint density at radius 1 is 1.17 bits per heavy atom. The van der Waals surface area contributed by atoms with E-state index in [1.807, 2.05) is 32.2 Å². The molecule has 0 aliphatic carbocycles. The summed E-state index contributed by atoms with van der Waals surface area (Å²) in [4.78, 5) is 7.16. The van der Waals surface area contributed by atoms with Gasteiger partial charge in [-0.2, -0.15) is 10.4 Å². The first-order valence-corrected chi connectivity index (χ1v) is 10.6. The lowest BCUT2D eigenvalue weighted by atomic mass is 9.92. The largest absolute Gasteiger partial charge is 0.362 e. The van der Waals surface area contributed by atoms with Gasteiger partial charge in [0.05, 0.1) is 23.4 Å². The van der Waals surface area contributed by atoms with E-state index in [1.165, 1.54) is 0 Å². The van der Waals surface area contributed by atoms with Gasteiger partial charge < -0.3 is 10.2 Å². The van der Waals surface area contributed by atoms with Crippen molar-refractivity contribution in [2.24, 2.45) is 0 Å². The molecule has 1 aliphatic heterocycles. The quantitative estimate of drug-likeness (QED) is 0.695. The van der Waals surface area contributed by atoms with Crippen LogP contribution in [0, 0.1) is 25.2 Å². The zero-order valence-electron chi connectivity index (χ0n) is 18.1. The van der Waals surface area contributed by atoms with Crippen LogP contribution in [0.1, 0.15) is 59.8 Å². The van der Waals surface area contributed by atoms with Crippen molar-refractivity contribution in [1.82, 2.24) is 20.1 Å². The third-order valence-electron chi connectivity index (χ3n) is 6.32. The summed E-state index contributed by atoms with van der Waals surface area (Å²) in [5.74, 6) is 1.25. The third kappa shape index (κ3) is 3.86. The molecule has 0 radical (unpaired) electrons. The number of hydrogen-bond donors (Lipinski definition) is 1. The van der Waals surface area contributed by atoms with E-state index in [0.29, 0.717) is 11.5 Å². The van der Waals surface area contributed by atoms with Gasteiger partial charge in [-0.3, -0.25) is 4.98 Å². The molecule has 0 bridgehead atoms. The first-order valence-electron chi connectivity index (χ1n) is 10.6. The molecule has 6 nitrogen and oxygen atoms in total. The molecular weight excluding hydrogens is 372 g/mol. The van der Waals surface area contributed by atoms with Gasteiger partial charge in [-0.25, -0.2) is 0 Å². The molecule has 6 heteroatoms. The van der Waals surface area contributed by atoms with Crippen molar-refractivity contribution in [1.29, 1.82) is 5.26 Å². The predicted molar refractivity (Wildman–Crippen MR) is 119 cm³/mol. The van der Waals surface area contributed by atoms with Crippen LogP contribution in [-0.4, -0.2) is 40.2 Å². The fourth-order valence-corrected chi connectivity index (χ4v) is 4.35. The van der Waals surface area contributed by atoms with Crippen LogP contribution in [0.5, 0.6) is 0 Å². The van der Waals surface area contributed by atoms with Crippen LogP contribution in [0.3, 0.4) is 0 Å². The molecule has 3 heterocycles. The molecule has 3 aromatic rings. The van der Waals surface area contributed by atoms with Crippen LogP contribution in [0.2, 0.25) is 0 Å². The van der Waals surface area contributed by atoms with Crippen LogP contribution < -0.4 is 5.32 Å². The second-order valence-electron chi connectivity index (χ2n) is 8.36. The monoisotopic (exact) mass is 400 g/mol. The summed E-state index contributed by atoms with van der Waals surface area (Å²) >= 11 is 0. The highest BCUT2D eigenvalue weighted by Crippen LogP contribution is 2.32. The van der Waals surface area contributed by atoms with Crippen molar-refractivity contribution in [3.8, 4) is 6.07 Å². The summed E-state index contributed by atoms with van der Waals surface area (Å²) in [6, 6.07) is 10.3. The lowest BCUT2D eigenvalue weighted by Gasteiger charge is -2.28. The third-order valence-corrected chi connectivity index (χ3v) is 6.32. The Labute approximate surface area is 178 Å².